The van der Waals surface area contributed by atoms with Crippen LogP contribution >= 0.6 is 11.6 Å². The maximum atomic E-state index is 5.96. The highest BCUT2D eigenvalue weighted by molar-refractivity contribution is 6.21. The lowest BCUT2D eigenvalue weighted by Crippen LogP contribution is -2.03. The van der Waals surface area contributed by atoms with Crippen LogP contribution in [0.2, 0.25) is 0 Å². The first-order valence-electron chi connectivity index (χ1n) is 3.18. The molecule has 2 bridgehead atoms. The molecule has 0 N–H and O–H groups in total. The molecule has 44 valence electrons. The van der Waals surface area contributed by atoms with E-state index in [9.17, 15) is 0 Å². The van der Waals surface area contributed by atoms with Crippen molar-refractivity contribution in [2.45, 2.75) is 18.2 Å². The third kappa shape index (κ3) is 0.526. The highest BCUT2D eigenvalue weighted by Crippen LogP contribution is 2.41. The number of fused-ring (bicyclic) bond motifs is 2. The molecule has 2 aliphatic rings. The highest BCUT2D eigenvalue weighted by Gasteiger charge is 2.33. The van der Waals surface area contributed by atoms with Gasteiger partial charge in [-0.05, 0) is 24.7 Å². The van der Waals surface area contributed by atoms with Crippen molar-refractivity contribution in [3.8, 4) is 0 Å². The Hall–Kier alpha value is 0.0300. The lowest BCUT2D eigenvalue weighted by Gasteiger charge is -2.07. The molecule has 3 atom stereocenters. The molecule has 0 radical (unpaired) electrons. The molecular formula is C7H9Cl. The number of rotatable bonds is 0. The van der Waals surface area contributed by atoms with Crippen molar-refractivity contribution in [1.82, 2.24) is 0 Å². The zero-order chi connectivity index (χ0) is 5.56. The Bertz CT molecular complexity index is 128. The van der Waals surface area contributed by atoms with Crippen LogP contribution in [0, 0.1) is 11.8 Å². The third-order valence-corrected chi connectivity index (χ3v) is 2.70. The van der Waals surface area contributed by atoms with E-state index in [4.69, 9.17) is 11.6 Å². The summed E-state index contributed by atoms with van der Waals surface area (Å²) in [5.41, 5.74) is 0. The molecule has 0 aromatic carbocycles. The van der Waals surface area contributed by atoms with Gasteiger partial charge in [-0.1, -0.05) is 12.2 Å². The van der Waals surface area contributed by atoms with Gasteiger partial charge in [-0.15, -0.1) is 11.6 Å². The standard InChI is InChI=1S/C7H9Cl/c8-7-4-5-1-2-6(7)3-5/h1-2,5-7H,3-4H2. The fraction of sp³-hybridized carbons (Fsp3) is 0.714. The molecule has 1 saturated carbocycles. The van der Waals surface area contributed by atoms with E-state index in [0.29, 0.717) is 5.38 Å². The van der Waals surface area contributed by atoms with E-state index in [1.54, 1.807) is 0 Å². The quantitative estimate of drug-likeness (QED) is 0.347. The first-order valence-corrected chi connectivity index (χ1v) is 3.62. The van der Waals surface area contributed by atoms with E-state index in [0.717, 1.165) is 11.8 Å². The summed E-state index contributed by atoms with van der Waals surface area (Å²) in [4.78, 5) is 0. The molecule has 1 fully saturated rings. The molecule has 0 aromatic rings. The second-order valence-corrected chi connectivity index (χ2v) is 3.36. The molecule has 0 aromatic heterocycles. The van der Waals surface area contributed by atoms with Gasteiger partial charge in [0.2, 0.25) is 0 Å². The molecule has 0 heterocycles. The van der Waals surface area contributed by atoms with Crippen molar-refractivity contribution >= 4 is 11.6 Å². The average Bonchev–Trinajstić information content (AvgIpc) is 2.23. The highest BCUT2D eigenvalue weighted by atomic mass is 35.5. The minimum Gasteiger partial charge on any atom is -0.122 e. The zero-order valence-corrected chi connectivity index (χ0v) is 5.43. The smallest absolute Gasteiger partial charge is 0.0404 e. The maximum Gasteiger partial charge on any atom is 0.0404 e. The Labute approximate surface area is 54.5 Å². The summed E-state index contributed by atoms with van der Waals surface area (Å²) in [5.74, 6) is 1.56. The summed E-state index contributed by atoms with van der Waals surface area (Å²) >= 11 is 5.96. The molecule has 0 nitrogen and oxygen atoms in total. The number of hydrogen-bond acceptors (Lipinski definition) is 0. The van der Waals surface area contributed by atoms with E-state index in [1.807, 2.05) is 0 Å². The maximum absolute atomic E-state index is 5.96. The van der Waals surface area contributed by atoms with Crippen LogP contribution in [-0.4, -0.2) is 5.38 Å². The van der Waals surface area contributed by atoms with Crippen molar-refractivity contribution in [2.24, 2.45) is 11.8 Å². The van der Waals surface area contributed by atoms with E-state index in [-0.39, 0.29) is 0 Å². The molecule has 0 saturated heterocycles. The second-order valence-electron chi connectivity index (χ2n) is 2.80. The Morgan fingerprint density at radius 3 is 2.38 bits per heavy atom. The van der Waals surface area contributed by atoms with Crippen LogP contribution in [0.15, 0.2) is 12.2 Å². The first-order chi connectivity index (χ1) is 3.86. The van der Waals surface area contributed by atoms with Crippen molar-refractivity contribution in [3.63, 3.8) is 0 Å². The summed E-state index contributed by atoms with van der Waals surface area (Å²) in [7, 11) is 0. The molecule has 0 aliphatic heterocycles. The van der Waals surface area contributed by atoms with E-state index < -0.39 is 0 Å². The van der Waals surface area contributed by atoms with Gasteiger partial charge in [0, 0.05) is 5.38 Å². The Morgan fingerprint density at radius 1 is 1.25 bits per heavy atom. The monoisotopic (exact) mass is 128 g/mol. The fourth-order valence-electron chi connectivity index (χ4n) is 1.71. The summed E-state index contributed by atoms with van der Waals surface area (Å²) in [5, 5.41) is 0.463. The van der Waals surface area contributed by atoms with Crippen LogP contribution in [0.5, 0.6) is 0 Å². The fourth-order valence-corrected chi connectivity index (χ4v) is 2.13. The summed E-state index contributed by atoms with van der Waals surface area (Å²) in [6, 6.07) is 0. The van der Waals surface area contributed by atoms with Crippen LogP contribution < -0.4 is 0 Å². The number of hydrogen-bond donors (Lipinski definition) is 0. The van der Waals surface area contributed by atoms with Crippen LogP contribution in [0.4, 0.5) is 0 Å². The number of allylic oxidation sites excluding steroid dienone is 2. The van der Waals surface area contributed by atoms with Gasteiger partial charge in [-0.25, -0.2) is 0 Å². The second kappa shape index (κ2) is 1.51. The van der Waals surface area contributed by atoms with Gasteiger partial charge >= 0.3 is 0 Å². The number of halogens is 1. The SMILES string of the molecule is ClC1CC2C=CC1C2. The molecule has 0 spiro atoms. The normalized spacial score (nSPS) is 50.9. The summed E-state index contributed by atoms with van der Waals surface area (Å²) < 4.78 is 0. The molecule has 3 unspecified atom stereocenters. The van der Waals surface area contributed by atoms with E-state index in [2.05, 4.69) is 12.2 Å². The lowest BCUT2D eigenvalue weighted by atomic mass is 10.1. The minimum absolute atomic E-state index is 0.463. The summed E-state index contributed by atoms with van der Waals surface area (Å²) in [6.07, 6.45) is 7.13. The van der Waals surface area contributed by atoms with Gasteiger partial charge in [0.15, 0.2) is 0 Å². The van der Waals surface area contributed by atoms with Crippen LogP contribution in [0.25, 0.3) is 0 Å². The van der Waals surface area contributed by atoms with Gasteiger partial charge < -0.3 is 0 Å². The first kappa shape index (κ1) is 4.87. The minimum atomic E-state index is 0.463. The van der Waals surface area contributed by atoms with Crippen LogP contribution in [0.3, 0.4) is 0 Å². The largest absolute Gasteiger partial charge is 0.122 e. The van der Waals surface area contributed by atoms with Gasteiger partial charge in [-0.3, -0.25) is 0 Å². The topological polar surface area (TPSA) is 0 Å². The van der Waals surface area contributed by atoms with Crippen molar-refractivity contribution in [2.75, 3.05) is 0 Å². The van der Waals surface area contributed by atoms with Crippen molar-refractivity contribution in [1.29, 1.82) is 0 Å². The Balaban J connectivity index is 2.23. The van der Waals surface area contributed by atoms with Crippen LogP contribution in [0.1, 0.15) is 12.8 Å². The van der Waals surface area contributed by atoms with Crippen LogP contribution in [-0.2, 0) is 0 Å². The third-order valence-electron chi connectivity index (χ3n) is 2.20. The Morgan fingerprint density at radius 2 is 2.12 bits per heavy atom. The van der Waals surface area contributed by atoms with Gasteiger partial charge in [0.25, 0.3) is 0 Å². The molecule has 2 aliphatic carbocycles. The predicted octanol–water partition coefficient (Wildman–Crippen LogP) is 2.19. The molecule has 2 rings (SSSR count). The van der Waals surface area contributed by atoms with Gasteiger partial charge in [-0.2, -0.15) is 0 Å². The molecule has 0 amide bonds. The van der Waals surface area contributed by atoms with Crippen molar-refractivity contribution in [3.05, 3.63) is 12.2 Å². The van der Waals surface area contributed by atoms with Gasteiger partial charge in [0.05, 0.1) is 0 Å². The van der Waals surface area contributed by atoms with Crippen molar-refractivity contribution < 1.29 is 0 Å². The predicted molar refractivity (Wildman–Crippen MR) is 35.0 cm³/mol. The van der Waals surface area contributed by atoms with E-state index in [1.165, 1.54) is 12.8 Å². The summed E-state index contributed by atoms with van der Waals surface area (Å²) in [6.45, 7) is 0. The lowest BCUT2D eigenvalue weighted by molar-refractivity contribution is 0.692. The molecule has 8 heavy (non-hydrogen) atoms. The molecule has 1 heteroatoms. The average molecular weight is 129 g/mol. The zero-order valence-electron chi connectivity index (χ0n) is 4.68. The molecular weight excluding hydrogens is 120 g/mol. The Kier molecular flexibility index (Phi) is 0.916. The number of alkyl halides is 1. The van der Waals surface area contributed by atoms with Gasteiger partial charge in [0.1, 0.15) is 0 Å². The van der Waals surface area contributed by atoms with E-state index >= 15 is 0 Å².